The van der Waals surface area contributed by atoms with Crippen LogP contribution in [0.5, 0.6) is 5.88 Å². The highest BCUT2D eigenvalue weighted by Gasteiger charge is 2.24. The Morgan fingerprint density at radius 2 is 2.00 bits per heavy atom. The fourth-order valence-electron chi connectivity index (χ4n) is 3.09. The monoisotopic (exact) mass is 320 g/mol. The fraction of sp³-hybridized carbons (Fsp3) is 0.688. The summed E-state index contributed by atoms with van der Waals surface area (Å²) < 4.78 is 10.8. The lowest BCUT2D eigenvalue weighted by atomic mass is 10.3. The summed E-state index contributed by atoms with van der Waals surface area (Å²) in [5.41, 5.74) is 0. The van der Waals surface area contributed by atoms with Crippen molar-refractivity contribution < 1.29 is 14.3 Å². The Hall–Kier alpha value is -1.89. The van der Waals surface area contributed by atoms with Gasteiger partial charge in [-0.05, 0) is 12.8 Å². The molecule has 0 radical (unpaired) electrons. The van der Waals surface area contributed by atoms with Crippen LogP contribution in [0.2, 0.25) is 0 Å². The second-order valence-corrected chi connectivity index (χ2v) is 5.98. The molecule has 0 aromatic carbocycles. The molecule has 2 aliphatic rings. The number of hydrogen-bond acceptors (Lipinski definition) is 6. The number of carbonyl (C=O) groups is 1. The number of amides is 1. The van der Waals surface area contributed by atoms with Crippen molar-refractivity contribution in [2.45, 2.75) is 31.8 Å². The van der Waals surface area contributed by atoms with Crippen LogP contribution < -0.4 is 9.64 Å². The smallest absolute Gasteiger partial charge is 0.248 e. The summed E-state index contributed by atoms with van der Waals surface area (Å²) in [4.78, 5) is 24.8. The first-order chi connectivity index (χ1) is 11.3. The normalized spacial score (nSPS) is 19.2. The zero-order valence-corrected chi connectivity index (χ0v) is 13.6. The lowest BCUT2D eigenvalue weighted by Crippen LogP contribution is -2.50. The van der Waals surface area contributed by atoms with Gasteiger partial charge in [-0.15, -0.1) is 0 Å². The van der Waals surface area contributed by atoms with Crippen molar-refractivity contribution in [1.82, 2.24) is 14.9 Å². The molecule has 7 nitrogen and oxygen atoms in total. The standard InChI is InChI=1S/C16H24N4O3/c1-22-14-6-7-17-16(18-14)20-10-8-19(9-11-20)15(21)12-23-13-4-2-3-5-13/h6-7,13H,2-5,8-12H2,1H3. The van der Waals surface area contributed by atoms with Crippen molar-refractivity contribution >= 4 is 11.9 Å². The number of ether oxygens (including phenoxy) is 2. The van der Waals surface area contributed by atoms with Gasteiger partial charge < -0.3 is 19.3 Å². The average Bonchev–Trinajstić information content (AvgIpc) is 3.13. The van der Waals surface area contributed by atoms with E-state index >= 15 is 0 Å². The Kier molecular flexibility index (Phi) is 5.27. The Balaban J connectivity index is 1.46. The van der Waals surface area contributed by atoms with Gasteiger partial charge >= 0.3 is 0 Å². The van der Waals surface area contributed by atoms with Crippen molar-refractivity contribution in [1.29, 1.82) is 0 Å². The van der Waals surface area contributed by atoms with E-state index in [9.17, 15) is 4.79 Å². The number of hydrogen-bond donors (Lipinski definition) is 0. The fourth-order valence-corrected chi connectivity index (χ4v) is 3.09. The topological polar surface area (TPSA) is 67.8 Å². The first-order valence-corrected chi connectivity index (χ1v) is 8.27. The largest absolute Gasteiger partial charge is 0.481 e. The van der Waals surface area contributed by atoms with Gasteiger partial charge in [0, 0.05) is 38.4 Å². The van der Waals surface area contributed by atoms with Crippen LogP contribution >= 0.6 is 0 Å². The number of piperazine rings is 1. The maximum atomic E-state index is 12.2. The summed E-state index contributed by atoms with van der Waals surface area (Å²) in [6.07, 6.45) is 6.60. The Morgan fingerprint density at radius 3 is 2.70 bits per heavy atom. The second-order valence-electron chi connectivity index (χ2n) is 5.98. The van der Waals surface area contributed by atoms with Crippen molar-refractivity contribution in [2.24, 2.45) is 0 Å². The van der Waals surface area contributed by atoms with E-state index in [1.807, 2.05) is 4.90 Å². The van der Waals surface area contributed by atoms with E-state index in [0.29, 0.717) is 24.9 Å². The van der Waals surface area contributed by atoms with E-state index in [4.69, 9.17) is 9.47 Å². The second kappa shape index (κ2) is 7.59. The molecule has 2 heterocycles. The van der Waals surface area contributed by atoms with Gasteiger partial charge in [-0.1, -0.05) is 12.8 Å². The zero-order chi connectivity index (χ0) is 16.1. The SMILES string of the molecule is COc1ccnc(N2CCN(C(=O)COC3CCCC3)CC2)n1. The average molecular weight is 320 g/mol. The molecule has 0 spiro atoms. The van der Waals surface area contributed by atoms with Gasteiger partial charge in [0.25, 0.3) is 0 Å². The van der Waals surface area contributed by atoms with Crippen LogP contribution in [0, 0.1) is 0 Å². The number of aromatic nitrogens is 2. The lowest BCUT2D eigenvalue weighted by molar-refractivity contribution is -0.138. The molecular formula is C16H24N4O3. The molecule has 2 fully saturated rings. The highest BCUT2D eigenvalue weighted by atomic mass is 16.5. The minimum absolute atomic E-state index is 0.0862. The van der Waals surface area contributed by atoms with Crippen LogP contribution in [-0.4, -0.2) is 66.8 Å². The first kappa shape index (κ1) is 16.0. The van der Waals surface area contributed by atoms with Gasteiger partial charge in [-0.25, -0.2) is 4.98 Å². The van der Waals surface area contributed by atoms with Crippen molar-refractivity contribution in [2.75, 3.05) is 44.8 Å². The first-order valence-electron chi connectivity index (χ1n) is 8.27. The van der Waals surface area contributed by atoms with Crippen LogP contribution in [0.15, 0.2) is 12.3 Å². The van der Waals surface area contributed by atoms with E-state index in [0.717, 1.165) is 25.9 Å². The summed E-state index contributed by atoms with van der Waals surface area (Å²) in [6, 6.07) is 1.73. The predicted molar refractivity (Wildman–Crippen MR) is 85.6 cm³/mol. The molecule has 23 heavy (non-hydrogen) atoms. The number of nitrogens with zero attached hydrogens (tertiary/aromatic N) is 4. The number of methoxy groups -OCH3 is 1. The van der Waals surface area contributed by atoms with E-state index < -0.39 is 0 Å². The molecule has 126 valence electrons. The zero-order valence-electron chi connectivity index (χ0n) is 13.6. The number of carbonyl (C=O) groups excluding carboxylic acids is 1. The van der Waals surface area contributed by atoms with Crippen molar-refractivity contribution in [3.8, 4) is 5.88 Å². The van der Waals surface area contributed by atoms with E-state index in [-0.39, 0.29) is 18.6 Å². The Morgan fingerprint density at radius 1 is 1.26 bits per heavy atom. The van der Waals surface area contributed by atoms with E-state index in [1.54, 1.807) is 19.4 Å². The molecule has 3 rings (SSSR count). The van der Waals surface area contributed by atoms with Gasteiger partial charge in [0.05, 0.1) is 13.2 Å². The highest BCUT2D eigenvalue weighted by molar-refractivity contribution is 5.77. The molecule has 1 aromatic heterocycles. The molecule has 1 saturated carbocycles. The van der Waals surface area contributed by atoms with Crippen LogP contribution in [0.25, 0.3) is 0 Å². The minimum atomic E-state index is 0.0862. The maximum absolute atomic E-state index is 12.2. The van der Waals surface area contributed by atoms with Gasteiger partial charge in [0.1, 0.15) is 6.61 Å². The van der Waals surface area contributed by atoms with Crippen LogP contribution in [0.3, 0.4) is 0 Å². The molecule has 0 atom stereocenters. The molecule has 0 N–H and O–H groups in total. The quantitative estimate of drug-likeness (QED) is 0.809. The molecule has 0 bridgehead atoms. The molecule has 1 amide bonds. The number of rotatable bonds is 5. The molecule has 1 aliphatic heterocycles. The molecule has 0 unspecified atom stereocenters. The lowest BCUT2D eigenvalue weighted by Gasteiger charge is -2.34. The minimum Gasteiger partial charge on any atom is -0.481 e. The third-order valence-electron chi connectivity index (χ3n) is 4.49. The summed E-state index contributed by atoms with van der Waals surface area (Å²) in [5.74, 6) is 1.29. The molecular weight excluding hydrogens is 296 g/mol. The Labute approximate surface area is 136 Å². The van der Waals surface area contributed by atoms with Gasteiger partial charge in [-0.2, -0.15) is 4.98 Å². The summed E-state index contributed by atoms with van der Waals surface area (Å²) in [5, 5.41) is 0. The summed E-state index contributed by atoms with van der Waals surface area (Å²) in [7, 11) is 1.59. The van der Waals surface area contributed by atoms with Gasteiger partial charge in [0.15, 0.2) is 0 Å². The third kappa shape index (κ3) is 4.10. The Bertz CT molecular complexity index is 526. The number of anilines is 1. The molecule has 1 aliphatic carbocycles. The van der Waals surface area contributed by atoms with Gasteiger partial charge in [-0.3, -0.25) is 4.79 Å². The highest BCUT2D eigenvalue weighted by Crippen LogP contribution is 2.21. The molecule has 1 saturated heterocycles. The molecule has 1 aromatic rings. The van der Waals surface area contributed by atoms with Crippen LogP contribution in [0.1, 0.15) is 25.7 Å². The van der Waals surface area contributed by atoms with Crippen molar-refractivity contribution in [3.63, 3.8) is 0 Å². The van der Waals surface area contributed by atoms with Gasteiger partial charge in [0.2, 0.25) is 17.7 Å². The van der Waals surface area contributed by atoms with Crippen molar-refractivity contribution in [3.05, 3.63) is 12.3 Å². The van der Waals surface area contributed by atoms with Crippen LogP contribution in [0.4, 0.5) is 5.95 Å². The maximum Gasteiger partial charge on any atom is 0.248 e. The summed E-state index contributed by atoms with van der Waals surface area (Å²) >= 11 is 0. The molecule has 7 heteroatoms. The predicted octanol–water partition coefficient (Wildman–Crippen LogP) is 1.09. The van der Waals surface area contributed by atoms with E-state index in [2.05, 4.69) is 14.9 Å². The van der Waals surface area contributed by atoms with E-state index in [1.165, 1.54) is 12.8 Å². The summed E-state index contributed by atoms with van der Waals surface area (Å²) in [6.45, 7) is 3.01. The third-order valence-corrected chi connectivity index (χ3v) is 4.49. The van der Waals surface area contributed by atoms with Crippen LogP contribution in [-0.2, 0) is 9.53 Å².